The van der Waals surface area contributed by atoms with Crippen LogP contribution in [-0.4, -0.2) is 18.2 Å². The second-order valence-corrected chi connectivity index (χ2v) is 6.03. The van der Waals surface area contributed by atoms with Crippen LogP contribution in [0.25, 0.3) is 16.9 Å². The zero-order valence-corrected chi connectivity index (χ0v) is 11.9. The second-order valence-electron chi connectivity index (χ2n) is 4.50. The van der Waals surface area contributed by atoms with Crippen molar-refractivity contribution in [2.24, 2.45) is 5.14 Å². The molecule has 0 radical (unpaired) electrons. The minimum atomic E-state index is -3.80. The standard InChI is InChI=1S/C15H13N3O2S/c16-21(19,20)15-9-5-4-8-13(15)14-10-11-17-18(14)12-6-2-1-3-7-12/h1-11H,(H2,16,19,20). The Morgan fingerprint density at radius 3 is 2.29 bits per heavy atom. The highest BCUT2D eigenvalue weighted by Gasteiger charge is 2.17. The molecule has 2 N–H and O–H groups in total. The minimum absolute atomic E-state index is 0.0858. The number of aromatic nitrogens is 2. The van der Waals surface area contributed by atoms with E-state index < -0.39 is 10.0 Å². The van der Waals surface area contributed by atoms with Gasteiger partial charge in [-0.15, -0.1) is 0 Å². The molecule has 0 bridgehead atoms. The van der Waals surface area contributed by atoms with Crippen LogP contribution in [0.1, 0.15) is 0 Å². The van der Waals surface area contributed by atoms with Gasteiger partial charge in [-0.2, -0.15) is 5.10 Å². The minimum Gasteiger partial charge on any atom is -0.233 e. The van der Waals surface area contributed by atoms with Crippen LogP contribution >= 0.6 is 0 Å². The number of sulfonamides is 1. The van der Waals surface area contributed by atoms with Gasteiger partial charge in [0, 0.05) is 5.56 Å². The number of hydrogen-bond donors (Lipinski definition) is 1. The van der Waals surface area contributed by atoms with Crippen molar-refractivity contribution in [1.29, 1.82) is 0 Å². The first-order valence-electron chi connectivity index (χ1n) is 6.29. The van der Waals surface area contributed by atoms with E-state index in [9.17, 15) is 8.42 Å². The molecule has 3 rings (SSSR count). The van der Waals surface area contributed by atoms with Gasteiger partial charge in [0.2, 0.25) is 10.0 Å². The second kappa shape index (κ2) is 5.16. The number of nitrogens with two attached hydrogens (primary N) is 1. The quantitative estimate of drug-likeness (QED) is 0.805. The Labute approximate surface area is 122 Å². The van der Waals surface area contributed by atoms with E-state index in [0.717, 1.165) is 5.69 Å². The highest BCUT2D eigenvalue weighted by molar-refractivity contribution is 7.89. The van der Waals surface area contributed by atoms with Crippen LogP contribution in [0.3, 0.4) is 0 Å². The van der Waals surface area contributed by atoms with Crippen LogP contribution in [0.15, 0.2) is 71.8 Å². The van der Waals surface area contributed by atoms with Gasteiger partial charge < -0.3 is 0 Å². The molecule has 6 heteroatoms. The van der Waals surface area contributed by atoms with Crippen LogP contribution in [0.4, 0.5) is 0 Å². The summed E-state index contributed by atoms with van der Waals surface area (Å²) in [4.78, 5) is 0.0858. The highest BCUT2D eigenvalue weighted by atomic mass is 32.2. The molecule has 0 unspecified atom stereocenters. The van der Waals surface area contributed by atoms with Gasteiger partial charge in [0.05, 0.1) is 22.5 Å². The Hall–Kier alpha value is -2.44. The van der Waals surface area contributed by atoms with Gasteiger partial charge in [0.15, 0.2) is 0 Å². The maximum absolute atomic E-state index is 11.7. The lowest BCUT2D eigenvalue weighted by molar-refractivity contribution is 0.598. The molecule has 5 nitrogen and oxygen atoms in total. The first-order valence-corrected chi connectivity index (χ1v) is 7.83. The molecule has 0 atom stereocenters. The average Bonchev–Trinajstić information content (AvgIpc) is 2.96. The third kappa shape index (κ3) is 2.58. The molecule has 0 saturated carbocycles. The zero-order valence-electron chi connectivity index (χ0n) is 11.0. The van der Waals surface area contributed by atoms with Crippen molar-refractivity contribution in [3.05, 3.63) is 66.9 Å². The molecule has 0 saturated heterocycles. The fraction of sp³-hybridized carbons (Fsp3) is 0. The summed E-state index contributed by atoms with van der Waals surface area (Å²) >= 11 is 0. The molecule has 0 spiro atoms. The number of primary sulfonamides is 1. The monoisotopic (exact) mass is 299 g/mol. The third-order valence-electron chi connectivity index (χ3n) is 3.11. The fourth-order valence-electron chi connectivity index (χ4n) is 2.21. The number of rotatable bonds is 3. The van der Waals surface area contributed by atoms with E-state index in [1.165, 1.54) is 6.07 Å². The van der Waals surface area contributed by atoms with E-state index in [1.54, 1.807) is 35.1 Å². The molecular formula is C15H13N3O2S. The summed E-state index contributed by atoms with van der Waals surface area (Å²) < 4.78 is 25.2. The van der Waals surface area contributed by atoms with E-state index >= 15 is 0 Å². The van der Waals surface area contributed by atoms with E-state index in [-0.39, 0.29) is 4.90 Å². The maximum Gasteiger partial charge on any atom is 0.238 e. The third-order valence-corrected chi connectivity index (χ3v) is 4.08. The van der Waals surface area contributed by atoms with Crippen LogP contribution in [0.2, 0.25) is 0 Å². The number of benzene rings is 2. The number of para-hydroxylation sites is 1. The Morgan fingerprint density at radius 1 is 0.905 bits per heavy atom. The van der Waals surface area contributed by atoms with Gasteiger partial charge in [0.1, 0.15) is 0 Å². The molecular weight excluding hydrogens is 286 g/mol. The van der Waals surface area contributed by atoms with Crippen LogP contribution in [0.5, 0.6) is 0 Å². The summed E-state index contributed by atoms with van der Waals surface area (Å²) in [5.41, 5.74) is 2.05. The SMILES string of the molecule is NS(=O)(=O)c1ccccc1-c1ccnn1-c1ccccc1. The zero-order chi connectivity index (χ0) is 14.9. The molecule has 0 amide bonds. The van der Waals surface area contributed by atoms with E-state index in [2.05, 4.69) is 5.10 Å². The number of nitrogens with zero attached hydrogens (tertiary/aromatic N) is 2. The van der Waals surface area contributed by atoms with Crippen molar-refractivity contribution < 1.29 is 8.42 Å². The maximum atomic E-state index is 11.7. The normalized spacial score (nSPS) is 11.5. The molecule has 3 aromatic rings. The lowest BCUT2D eigenvalue weighted by Gasteiger charge is -2.10. The summed E-state index contributed by atoms with van der Waals surface area (Å²) in [5.74, 6) is 0. The van der Waals surface area contributed by atoms with E-state index in [1.807, 2.05) is 30.3 Å². The van der Waals surface area contributed by atoms with E-state index in [4.69, 9.17) is 5.14 Å². The van der Waals surface area contributed by atoms with Crippen molar-refractivity contribution in [2.45, 2.75) is 4.90 Å². The molecule has 1 aromatic heterocycles. The summed E-state index contributed by atoms with van der Waals surface area (Å²) in [6.45, 7) is 0. The molecule has 0 fully saturated rings. The van der Waals surface area contributed by atoms with Gasteiger partial charge in [-0.25, -0.2) is 18.2 Å². The molecule has 106 valence electrons. The number of hydrogen-bond acceptors (Lipinski definition) is 3. The first-order chi connectivity index (χ1) is 10.1. The van der Waals surface area contributed by atoms with E-state index in [0.29, 0.717) is 11.3 Å². The van der Waals surface area contributed by atoms with Crippen molar-refractivity contribution in [3.63, 3.8) is 0 Å². The Balaban J connectivity index is 2.23. The van der Waals surface area contributed by atoms with Crippen molar-refractivity contribution in [3.8, 4) is 16.9 Å². The van der Waals surface area contributed by atoms with Gasteiger partial charge in [-0.05, 0) is 24.3 Å². The Morgan fingerprint density at radius 2 is 1.57 bits per heavy atom. The van der Waals surface area contributed by atoms with Crippen LogP contribution < -0.4 is 5.14 Å². The lowest BCUT2D eigenvalue weighted by atomic mass is 10.1. The summed E-state index contributed by atoms with van der Waals surface area (Å²) in [5, 5.41) is 9.56. The molecule has 1 heterocycles. The lowest BCUT2D eigenvalue weighted by Crippen LogP contribution is -2.14. The van der Waals surface area contributed by atoms with Crippen molar-refractivity contribution in [1.82, 2.24) is 9.78 Å². The van der Waals surface area contributed by atoms with Gasteiger partial charge >= 0.3 is 0 Å². The van der Waals surface area contributed by atoms with Crippen molar-refractivity contribution in [2.75, 3.05) is 0 Å². The summed E-state index contributed by atoms with van der Waals surface area (Å²) in [6, 6.07) is 17.9. The first kappa shape index (κ1) is 13.5. The van der Waals surface area contributed by atoms with Crippen LogP contribution in [0, 0.1) is 0 Å². The van der Waals surface area contributed by atoms with Crippen LogP contribution in [-0.2, 0) is 10.0 Å². The molecule has 2 aromatic carbocycles. The Kier molecular flexibility index (Phi) is 3.32. The molecule has 0 aliphatic heterocycles. The fourth-order valence-corrected chi connectivity index (χ4v) is 2.96. The van der Waals surface area contributed by atoms with Crippen molar-refractivity contribution >= 4 is 10.0 Å². The molecule has 0 aliphatic rings. The summed E-state index contributed by atoms with van der Waals surface area (Å²) in [7, 11) is -3.80. The summed E-state index contributed by atoms with van der Waals surface area (Å²) in [6.07, 6.45) is 1.63. The van der Waals surface area contributed by atoms with Gasteiger partial charge in [-0.1, -0.05) is 36.4 Å². The predicted molar refractivity (Wildman–Crippen MR) is 80.4 cm³/mol. The average molecular weight is 299 g/mol. The highest BCUT2D eigenvalue weighted by Crippen LogP contribution is 2.27. The Bertz CT molecular complexity index is 871. The smallest absolute Gasteiger partial charge is 0.233 e. The molecule has 0 aliphatic carbocycles. The topological polar surface area (TPSA) is 78.0 Å². The van der Waals surface area contributed by atoms with Gasteiger partial charge in [0.25, 0.3) is 0 Å². The predicted octanol–water partition coefficient (Wildman–Crippen LogP) is 2.19. The largest absolute Gasteiger partial charge is 0.238 e. The molecule has 21 heavy (non-hydrogen) atoms. The van der Waals surface area contributed by atoms with Gasteiger partial charge in [-0.3, -0.25) is 0 Å².